The third-order valence-electron chi connectivity index (χ3n) is 12.2. The van der Waals surface area contributed by atoms with Crippen LogP contribution >= 0.6 is 0 Å². The minimum absolute atomic E-state index is 0.0215. The second-order valence-corrected chi connectivity index (χ2v) is 18.2. The standard InChI is InChI=1S/C54H103NO5/c1-3-5-7-9-11-13-15-17-19-21-22-26-30-34-38-42-46-52(57)51(50-56)55-53(58)47-43-39-35-31-27-24-25-29-33-37-41-45-49-60-54(59)48-44-40-36-32-28-23-20-18-16-14-12-10-8-6-4-2/h25,29,42,46,51-52,56-57H,3-24,26-28,30-41,43-45,47-50H2,1-2H3,(H,55,58)/b29-25-,46-42+. The van der Waals surface area contributed by atoms with Crippen molar-refractivity contribution in [2.45, 2.75) is 296 Å². The van der Waals surface area contributed by atoms with Crippen LogP contribution in [0.5, 0.6) is 0 Å². The largest absolute Gasteiger partial charge is 0.466 e. The molecule has 2 atom stereocenters. The number of aliphatic hydroxyl groups is 2. The third kappa shape index (κ3) is 45.9. The molecule has 0 radical (unpaired) electrons. The van der Waals surface area contributed by atoms with E-state index < -0.39 is 12.1 Å². The molecule has 1 amide bonds. The second-order valence-electron chi connectivity index (χ2n) is 18.2. The number of unbranched alkanes of at least 4 members (excludes halogenated alkanes) is 36. The van der Waals surface area contributed by atoms with Gasteiger partial charge < -0.3 is 20.3 Å². The van der Waals surface area contributed by atoms with Gasteiger partial charge in [-0.25, -0.2) is 0 Å². The van der Waals surface area contributed by atoms with Crippen molar-refractivity contribution in [2.24, 2.45) is 0 Å². The first-order valence-electron chi connectivity index (χ1n) is 26.6. The predicted molar refractivity (Wildman–Crippen MR) is 260 cm³/mol. The van der Waals surface area contributed by atoms with E-state index in [-0.39, 0.29) is 18.5 Å². The Labute approximate surface area is 373 Å². The Kier molecular flexibility index (Phi) is 48.6. The van der Waals surface area contributed by atoms with Crippen molar-refractivity contribution in [3.05, 3.63) is 24.3 Å². The summed E-state index contributed by atoms with van der Waals surface area (Å²) in [7, 11) is 0. The lowest BCUT2D eigenvalue weighted by Crippen LogP contribution is -2.45. The Hall–Kier alpha value is -1.66. The van der Waals surface area contributed by atoms with Crippen LogP contribution in [-0.4, -0.2) is 47.4 Å². The molecule has 0 saturated heterocycles. The summed E-state index contributed by atoms with van der Waals surface area (Å²) < 4.78 is 5.45. The van der Waals surface area contributed by atoms with Crippen LogP contribution in [0.25, 0.3) is 0 Å². The molecule has 6 nitrogen and oxygen atoms in total. The first-order chi connectivity index (χ1) is 29.5. The molecule has 3 N–H and O–H groups in total. The van der Waals surface area contributed by atoms with Gasteiger partial charge in [0.1, 0.15) is 0 Å². The van der Waals surface area contributed by atoms with Crippen molar-refractivity contribution < 1.29 is 24.5 Å². The number of esters is 1. The van der Waals surface area contributed by atoms with Crippen LogP contribution < -0.4 is 5.32 Å². The van der Waals surface area contributed by atoms with Gasteiger partial charge in [0.2, 0.25) is 5.91 Å². The Morgan fingerprint density at radius 3 is 1.18 bits per heavy atom. The van der Waals surface area contributed by atoms with Crippen LogP contribution in [0.3, 0.4) is 0 Å². The molecule has 60 heavy (non-hydrogen) atoms. The van der Waals surface area contributed by atoms with Gasteiger partial charge in [0.05, 0.1) is 25.4 Å². The zero-order valence-corrected chi connectivity index (χ0v) is 40.2. The molecule has 0 aromatic heterocycles. The molecule has 0 bridgehead atoms. The average molecular weight is 846 g/mol. The van der Waals surface area contributed by atoms with E-state index in [1.54, 1.807) is 6.08 Å². The Balaban J connectivity index is 3.53. The molecule has 0 fully saturated rings. The Morgan fingerprint density at radius 1 is 0.450 bits per heavy atom. The summed E-state index contributed by atoms with van der Waals surface area (Å²) >= 11 is 0. The quantitative estimate of drug-likeness (QED) is 0.0322. The normalized spacial score (nSPS) is 12.8. The fourth-order valence-electron chi connectivity index (χ4n) is 8.10. The highest BCUT2D eigenvalue weighted by molar-refractivity contribution is 5.76. The van der Waals surface area contributed by atoms with Crippen LogP contribution in [0.2, 0.25) is 0 Å². The van der Waals surface area contributed by atoms with E-state index in [1.165, 1.54) is 180 Å². The third-order valence-corrected chi connectivity index (χ3v) is 12.2. The monoisotopic (exact) mass is 846 g/mol. The van der Waals surface area contributed by atoms with Crippen LogP contribution in [0, 0.1) is 0 Å². The topological polar surface area (TPSA) is 95.9 Å². The number of ether oxygens (including phenoxy) is 1. The van der Waals surface area contributed by atoms with Crippen LogP contribution in [0.15, 0.2) is 24.3 Å². The lowest BCUT2D eigenvalue weighted by molar-refractivity contribution is -0.143. The molecule has 0 spiro atoms. The second kappa shape index (κ2) is 50.0. The summed E-state index contributed by atoms with van der Waals surface area (Å²) in [6.45, 7) is 4.85. The molecule has 0 aromatic rings. The van der Waals surface area contributed by atoms with Gasteiger partial charge in [-0.2, -0.15) is 0 Å². The van der Waals surface area contributed by atoms with E-state index in [0.717, 1.165) is 77.0 Å². The minimum atomic E-state index is -0.860. The molecule has 0 heterocycles. The molecule has 0 rings (SSSR count). The van der Waals surface area contributed by atoms with Crippen molar-refractivity contribution >= 4 is 11.9 Å². The molecule has 354 valence electrons. The Bertz CT molecular complexity index is 935. The predicted octanol–water partition coefficient (Wildman–Crippen LogP) is 15.9. The minimum Gasteiger partial charge on any atom is -0.466 e. The number of nitrogens with one attached hydrogen (secondary N) is 1. The maximum Gasteiger partial charge on any atom is 0.305 e. The number of carbonyl (C=O) groups excluding carboxylic acids is 2. The van der Waals surface area contributed by atoms with Gasteiger partial charge in [0.15, 0.2) is 0 Å². The number of hydrogen-bond donors (Lipinski definition) is 3. The zero-order valence-electron chi connectivity index (χ0n) is 40.2. The molecule has 0 aliphatic rings. The van der Waals surface area contributed by atoms with Gasteiger partial charge in [-0.15, -0.1) is 0 Å². The van der Waals surface area contributed by atoms with Crippen molar-refractivity contribution in [3.8, 4) is 0 Å². The highest BCUT2D eigenvalue weighted by atomic mass is 16.5. The van der Waals surface area contributed by atoms with E-state index >= 15 is 0 Å². The van der Waals surface area contributed by atoms with Crippen molar-refractivity contribution in [3.63, 3.8) is 0 Å². The van der Waals surface area contributed by atoms with Crippen molar-refractivity contribution in [2.75, 3.05) is 13.2 Å². The van der Waals surface area contributed by atoms with Gasteiger partial charge in [-0.3, -0.25) is 9.59 Å². The van der Waals surface area contributed by atoms with E-state index in [4.69, 9.17) is 4.74 Å². The molecule has 0 aliphatic heterocycles. The Morgan fingerprint density at radius 2 is 0.783 bits per heavy atom. The summed E-state index contributed by atoms with van der Waals surface area (Å²) in [5, 5.41) is 23.1. The van der Waals surface area contributed by atoms with Crippen LogP contribution in [0.4, 0.5) is 0 Å². The maximum absolute atomic E-state index is 12.4. The molecule has 0 aliphatic carbocycles. The van der Waals surface area contributed by atoms with Crippen LogP contribution in [0.1, 0.15) is 284 Å². The number of aliphatic hydroxyl groups excluding tert-OH is 2. The van der Waals surface area contributed by atoms with E-state index in [0.29, 0.717) is 19.4 Å². The summed E-state index contributed by atoms with van der Waals surface area (Å²) in [5.74, 6) is -0.114. The molecular weight excluding hydrogens is 743 g/mol. The number of rotatable bonds is 49. The summed E-state index contributed by atoms with van der Waals surface area (Å²) in [6.07, 6.45) is 58.9. The first-order valence-corrected chi connectivity index (χ1v) is 26.6. The molecule has 2 unspecified atom stereocenters. The highest BCUT2D eigenvalue weighted by Crippen LogP contribution is 2.16. The zero-order chi connectivity index (χ0) is 43.7. The summed E-state index contributed by atoms with van der Waals surface area (Å²) in [6, 6.07) is -0.646. The smallest absolute Gasteiger partial charge is 0.305 e. The van der Waals surface area contributed by atoms with Crippen molar-refractivity contribution in [1.82, 2.24) is 5.32 Å². The average Bonchev–Trinajstić information content (AvgIpc) is 3.25. The molecule has 0 saturated carbocycles. The lowest BCUT2D eigenvalue weighted by atomic mass is 10.0. The number of allylic oxidation sites excluding steroid dienone is 3. The first kappa shape index (κ1) is 58.3. The molecule has 0 aromatic carbocycles. The van der Waals surface area contributed by atoms with Gasteiger partial charge in [-0.1, -0.05) is 231 Å². The van der Waals surface area contributed by atoms with E-state index in [1.807, 2.05) is 6.08 Å². The fourth-order valence-corrected chi connectivity index (χ4v) is 8.10. The van der Waals surface area contributed by atoms with E-state index in [2.05, 4.69) is 31.3 Å². The number of carbonyl (C=O) groups is 2. The summed E-state index contributed by atoms with van der Waals surface area (Å²) in [5.41, 5.74) is 0. The fraction of sp³-hybridized carbons (Fsp3) is 0.889. The molecular formula is C54H103NO5. The van der Waals surface area contributed by atoms with E-state index in [9.17, 15) is 19.8 Å². The van der Waals surface area contributed by atoms with Crippen LogP contribution in [-0.2, 0) is 14.3 Å². The van der Waals surface area contributed by atoms with Gasteiger partial charge in [0, 0.05) is 12.8 Å². The maximum atomic E-state index is 12.4. The number of hydrogen-bond acceptors (Lipinski definition) is 5. The lowest BCUT2D eigenvalue weighted by Gasteiger charge is -2.20. The SMILES string of the molecule is CCCCCCCCCCCCCCCC/C=C/C(O)C(CO)NC(=O)CCCCCCC/C=C\CCCCCOC(=O)CCCCCCCCCCCCCCCCC. The van der Waals surface area contributed by atoms with Crippen molar-refractivity contribution in [1.29, 1.82) is 0 Å². The van der Waals surface area contributed by atoms with Gasteiger partial charge in [-0.05, 0) is 64.2 Å². The highest BCUT2D eigenvalue weighted by Gasteiger charge is 2.18. The van der Waals surface area contributed by atoms with Gasteiger partial charge >= 0.3 is 5.97 Å². The summed E-state index contributed by atoms with van der Waals surface area (Å²) in [4.78, 5) is 24.5. The van der Waals surface area contributed by atoms with Gasteiger partial charge in [0.25, 0.3) is 0 Å². The number of amides is 1. The molecule has 6 heteroatoms.